The molecule has 1 aromatic heterocycles. The fourth-order valence-electron chi connectivity index (χ4n) is 4.38. The number of nitrogens with zero attached hydrogens (tertiary/aromatic N) is 5. The number of carbonyl (C=O) groups is 1. The third kappa shape index (κ3) is 4.99. The van der Waals surface area contributed by atoms with Crippen LogP contribution in [0.4, 0.5) is 0 Å². The van der Waals surface area contributed by atoms with E-state index in [1.54, 1.807) is 7.05 Å². The first kappa shape index (κ1) is 22.0. The first-order valence-corrected chi connectivity index (χ1v) is 12.3. The minimum absolute atomic E-state index is 0.0843. The maximum atomic E-state index is 13.1. The predicted octanol–water partition coefficient (Wildman–Crippen LogP) is 1.47. The molecule has 2 fully saturated rings. The van der Waals surface area contributed by atoms with Crippen molar-refractivity contribution in [2.45, 2.75) is 31.2 Å². The Morgan fingerprint density at radius 2 is 1.81 bits per heavy atom. The molecule has 2 aliphatic rings. The molecule has 0 aliphatic carbocycles. The lowest BCUT2D eigenvalue weighted by Crippen LogP contribution is -2.52. The number of rotatable bonds is 5. The number of sulfonamides is 1. The molecule has 168 valence electrons. The Balaban J connectivity index is 1.33. The van der Waals surface area contributed by atoms with Gasteiger partial charge < -0.3 is 4.90 Å². The summed E-state index contributed by atoms with van der Waals surface area (Å²) in [5.41, 5.74) is 2.54. The average molecular weight is 446 g/mol. The Kier molecular flexibility index (Phi) is 6.45. The van der Waals surface area contributed by atoms with Gasteiger partial charge in [-0.15, -0.1) is 0 Å². The molecule has 1 atom stereocenters. The second-order valence-corrected chi connectivity index (χ2v) is 10.6. The number of hydrogen-bond donors (Lipinski definition) is 0. The zero-order valence-electron chi connectivity index (χ0n) is 18.3. The first-order valence-electron chi connectivity index (χ1n) is 10.9. The van der Waals surface area contributed by atoms with Gasteiger partial charge in [0.2, 0.25) is 15.9 Å². The van der Waals surface area contributed by atoms with Crippen LogP contribution in [0.15, 0.2) is 41.6 Å². The van der Waals surface area contributed by atoms with Crippen LogP contribution in [0, 0.1) is 12.8 Å². The van der Waals surface area contributed by atoms with Crippen LogP contribution in [0.5, 0.6) is 0 Å². The summed E-state index contributed by atoms with van der Waals surface area (Å²) >= 11 is 0. The van der Waals surface area contributed by atoms with Gasteiger partial charge in [-0.05, 0) is 25.3 Å². The smallest absolute Gasteiger partial charge is 0.246 e. The maximum absolute atomic E-state index is 13.1. The van der Waals surface area contributed by atoms with E-state index in [1.165, 1.54) is 32.5 Å². The first-order chi connectivity index (χ1) is 14.8. The Morgan fingerprint density at radius 1 is 1.10 bits per heavy atom. The number of piperazine rings is 1. The molecule has 3 heterocycles. The number of piperidine rings is 1. The standard InChI is InChI=1S/C22H31N5O3S/c1-18-5-7-19(8-6-18)15-25-10-12-26(13-11-25)22(28)20-4-3-9-27(16-20)31(29,30)21-14-23-24(2)17-21/h5-8,14,17,20H,3-4,9-13,15-16H2,1-2H3/t20-/m0/s1. The zero-order valence-corrected chi connectivity index (χ0v) is 19.1. The van der Waals surface area contributed by atoms with E-state index in [-0.39, 0.29) is 23.3 Å². The van der Waals surface area contributed by atoms with Crippen molar-refractivity contribution in [2.75, 3.05) is 39.3 Å². The summed E-state index contributed by atoms with van der Waals surface area (Å²) in [4.78, 5) is 17.6. The molecule has 0 unspecified atom stereocenters. The molecule has 0 radical (unpaired) electrons. The van der Waals surface area contributed by atoms with E-state index < -0.39 is 10.0 Å². The second kappa shape index (κ2) is 9.10. The van der Waals surface area contributed by atoms with Crippen molar-refractivity contribution < 1.29 is 13.2 Å². The molecule has 1 aromatic carbocycles. The lowest BCUT2D eigenvalue weighted by Gasteiger charge is -2.38. The zero-order chi connectivity index (χ0) is 22.0. The van der Waals surface area contributed by atoms with E-state index in [1.807, 2.05) is 4.90 Å². The summed E-state index contributed by atoms with van der Waals surface area (Å²) in [5, 5.41) is 3.98. The second-order valence-electron chi connectivity index (χ2n) is 8.64. The molecule has 4 rings (SSSR count). The normalized spacial score (nSPS) is 21.4. The van der Waals surface area contributed by atoms with Crippen molar-refractivity contribution in [3.05, 3.63) is 47.8 Å². The van der Waals surface area contributed by atoms with Gasteiger partial charge in [0.15, 0.2) is 0 Å². The van der Waals surface area contributed by atoms with Crippen LogP contribution in [0.3, 0.4) is 0 Å². The Hall–Kier alpha value is -2.23. The van der Waals surface area contributed by atoms with Gasteiger partial charge in [0.05, 0.1) is 12.1 Å². The molecular weight excluding hydrogens is 414 g/mol. The van der Waals surface area contributed by atoms with E-state index in [4.69, 9.17) is 0 Å². The fraction of sp³-hybridized carbons (Fsp3) is 0.545. The molecule has 2 aromatic rings. The van der Waals surface area contributed by atoms with Gasteiger partial charge in [0.25, 0.3) is 0 Å². The van der Waals surface area contributed by atoms with Gasteiger partial charge in [0.1, 0.15) is 4.90 Å². The molecule has 8 nitrogen and oxygen atoms in total. The number of benzene rings is 1. The number of aromatic nitrogens is 2. The van der Waals surface area contributed by atoms with Crippen molar-refractivity contribution in [1.82, 2.24) is 23.9 Å². The molecule has 1 amide bonds. The molecule has 0 bridgehead atoms. The van der Waals surface area contributed by atoms with Gasteiger partial charge in [-0.1, -0.05) is 29.8 Å². The van der Waals surface area contributed by atoms with Crippen LogP contribution in [-0.4, -0.2) is 77.5 Å². The summed E-state index contributed by atoms with van der Waals surface area (Å²) < 4.78 is 28.8. The molecule has 9 heteroatoms. The summed E-state index contributed by atoms with van der Waals surface area (Å²) in [5.74, 6) is -0.190. The third-order valence-corrected chi connectivity index (χ3v) is 8.08. The molecule has 0 saturated carbocycles. The Bertz CT molecular complexity index is 1010. The average Bonchev–Trinajstić information content (AvgIpc) is 3.23. The van der Waals surface area contributed by atoms with Crippen molar-refractivity contribution in [3.8, 4) is 0 Å². The largest absolute Gasteiger partial charge is 0.340 e. The topological polar surface area (TPSA) is 78.8 Å². The lowest BCUT2D eigenvalue weighted by molar-refractivity contribution is -0.138. The van der Waals surface area contributed by atoms with Crippen molar-refractivity contribution in [3.63, 3.8) is 0 Å². The maximum Gasteiger partial charge on any atom is 0.246 e. The molecule has 0 spiro atoms. The Labute approximate surface area is 184 Å². The van der Waals surface area contributed by atoms with Crippen molar-refractivity contribution >= 4 is 15.9 Å². The van der Waals surface area contributed by atoms with Gasteiger partial charge in [-0.3, -0.25) is 14.4 Å². The molecule has 31 heavy (non-hydrogen) atoms. The third-order valence-electron chi connectivity index (χ3n) is 6.26. The van der Waals surface area contributed by atoms with Gasteiger partial charge in [0, 0.05) is 59.1 Å². The number of carbonyl (C=O) groups excluding carboxylic acids is 1. The predicted molar refractivity (Wildman–Crippen MR) is 118 cm³/mol. The molecular formula is C22H31N5O3S. The van der Waals surface area contributed by atoms with Crippen LogP contribution >= 0.6 is 0 Å². The van der Waals surface area contributed by atoms with Gasteiger partial charge >= 0.3 is 0 Å². The highest BCUT2D eigenvalue weighted by Gasteiger charge is 2.36. The number of amides is 1. The highest BCUT2D eigenvalue weighted by Crippen LogP contribution is 2.25. The number of hydrogen-bond acceptors (Lipinski definition) is 5. The summed E-state index contributed by atoms with van der Waals surface area (Å²) in [7, 11) is -1.92. The lowest BCUT2D eigenvalue weighted by atomic mass is 9.97. The monoisotopic (exact) mass is 445 g/mol. The quantitative estimate of drug-likeness (QED) is 0.697. The van der Waals surface area contributed by atoms with E-state index in [2.05, 4.69) is 41.2 Å². The minimum Gasteiger partial charge on any atom is -0.340 e. The highest BCUT2D eigenvalue weighted by molar-refractivity contribution is 7.89. The molecule has 2 aliphatic heterocycles. The molecule has 0 N–H and O–H groups in total. The van der Waals surface area contributed by atoms with Gasteiger partial charge in [-0.2, -0.15) is 9.40 Å². The summed E-state index contributed by atoms with van der Waals surface area (Å²) in [6.45, 7) is 6.73. The molecule has 2 saturated heterocycles. The summed E-state index contributed by atoms with van der Waals surface area (Å²) in [6, 6.07) is 8.57. The van der Waals surface area contributed by atoms with Crippen LogP contribution in [0.2, 0.25) is 0 Å². The van der Waals surface area contributed by atoms with E-state index in [9.17, 15) is 13.2 Å². The van der Waals surface area contributed by atoms with Crippen molar-refractivity contribution in [1.29, 1.82) is 0 Å². The SMILES string of the molecule is Cc1ccc(CN2CCN(C(=O)[C@H]3CCCN(S(=O)(=O)c4cnn(C)c4)C3)CC2)cc1. The van der Waals surface area contributed by atoms with Crippen molar-refractivity contribution in [2.24, 2.45) is 13.0 Å². The van der Waals surface area contributed by atoms with E-state index in [0.29, 0.717) is 26.1 Å². The highest BCUT2D eigenvalue weighted by atomic mass is 32.2. The van der Waals surface area contributed by atoms with Crippen LogP contribution < -0.4 is 0 Å². The van der Waals surface area contributed by atoms with E-state index in [0.717, 1.165) is 26.1 Å². The van der Waals surface area contributed by atoms with Crippen LogP contribution in [-0.2, 0) is 28.4 Å². The Morgan fingerprint density at radius 3 is 2.45 bits per heavy atom. The van der Waals surface area contributed by atoms with E-state index >= 15 is 0 Å². The fourth-order valence-corrected chi connectivity index (χ4v) is 5.89. The minimum atomic E-state index is -3.61. The number of aryl methyl sites for hydroxylation is 2. The van der Waals surface area contributed by atoms with Gasteiger partial charge in [-0.25, -0.2) is 8.42 Å². The summed E-state index contributed by atoms with van der Waals surface area (Å²) in [6.07, 6.45) is 4.31. The van der Waals surface area contributed by atoms with Crippen LogP contribution in [0.1, 0.15) is 24.0 Å². The van der Waals surface area contributed by atoms with Crippen LogP contribution in [0.25, 0.3) is 0 Å².